The number of halogens is 1. The smallest absolute Gasteiger partial charge is 0.229 e. The van der Waals surface area contributed by atoms with E-state index in [1.54, 1.807) is 12.1 Å². The largest absolute Gasteiger partial charge is 0.354 e. The van der Waals surface area contributed by atoms with Crippen molar-refractivity contribution in [1.82, 2.24) is 4.98 Å². The Balaban J connectivity index is 0.00000225. The molecule has 0 radical (unpaired) electrons. The van der Waals surface area contributed by atoms with Crippen LogP contribution in [0, 0.1) is 6.92 Å². The number of nitrogens with zero attached hydrogens (tertiary/aromatic N) is 1. The van der Waals surface area contributed by atoms with Gasteiger partial charge in [0.25, 0.3) is 0 Å². The van der Waals surface area contributed by atoms with Crippen LogP contribution in [-0.2, 0) is 10.0 Å². The van der Waals surface area contributed by atoms with E-state index >= 15 is 0 Å². The van der Waals surface area contributed by atoms with Crippen LogP contribution in [0.3, 0.4) is 0 Å². The highest BCUT2D eigenvalue weighted by atomic mass is 35.5. The summed E-state index contributed by atoms with van der Waals surface area (Å²) in [5, 5.41) is 5.57. The molecule has 2 N–H and O–H groups in total. The van der Waals surface area contributed by atoms with Gasteiger partial charge in [-0.2, -0.15) is 0 Å². The molecule has 0 spiro atoms. The monoisotopic (exact) mass is 413 g/mol. The zero-order chi connectivity index (χ0) is 19.0. The van der Waals surface area contributed by atoms with E-state index in [1.165, 1.54) is 0 Å². The van der Waals surface area contributed by atoms with Crippen molar-refractivity contribution in [3.8, 4) is 0 Å². The van der Waals surface area contributed by atoms with Gasteiger partial charge in [0.1, 0.15) is 0 Å². The summed E-state index contributed by atoms with van der Waals surface area (Å²) in [6, 6.07) is 21.3. The Morgan fingerprint density at radius 2 is 1.46 bits per heavy atom. The van der Waals surface area contributed by atoms with Gasteiger partial charge < -0.3 is 5.32 Å². The molecule has 1 heterocycles. The van der Waals surface area contributed by atoms with Crippen molar-refractivity contribution < 1.29 is 8.42 Å². The van der Waals surface area contributed by atoms with Crippen molar-refractivity contribution in [3.05, 3.63) is 72.3 Å². The van der Waals surface area contributed by atoms with Crippen LogP contribution in [0.2, 0.25) is 0 Å². The van der Waals surface area contributed by atoms with Crippen molar-refractivity contribution in [1.29, 1.82) is 0 Å². The number of aryl methyl sites for hydroxylation is 1. The van der Waals surface area contributed by atoms with E-state index in [9.17, 15) is 8.42 Å². The third kappa shape index (κ3) is 4.03. The Morgan fingerprint density at radius 1 is 0.821 bits per heavy atom. The van der Waals surface area contributed by atoms with E-state index in [0.29, 0.717) is 5.69 Å². The van der Waals surface area contributed by atoms with Crippen LogP contribution >= 0.6 is 12.4 Å². The molecular formula is C21H20ClN3O2S. The second-order valence-corrected chi connectivity index (χ2v) is 8.30. The molecule has 4 aromatic rings. The van der Waals surface area contributed by atoms with Crippen molar-refractivity contribution in [2.75, 3.05) is 16.3 Å². The summed E-state index contributed by atoms with van der Waals surface area (Å²) in [5.41, 5.74) is 5.40. The molecule has 0 fully saturated rings. The van der Waals surface area contributed by atoms with Gasteiger partial charge in [-0.25, -0.2) is 13.4 Å². The van der Waals surface area contributed by atoms with Crippen molar-refractivity contribution in [2.45, 2.75) is 6.92 Å². The Kier molecular flexibility index (Phi) is 5.45. The van der Waals surface area contributed by atoms with Crippen LogP contribution in [0.5, 0.6) is 0 Å². The van der Waals surface area contributed by atoms with Crippen LogP contribution in [0.25, 0.3) is 21.8 Å². The highest BCUT2D eigenvalue weighted by molar-refractivity contribution is 7.92. The summed E-state index contributed by atoms with van der Waals surface area (Å²) in [7, 11) is -3.29. The summed E-state index contributed by atoms with van der Waals surface area (Å²) < 4.78 is 25.2. The van der Waals surface area contributed by atoms with Gasteiger partial charge in [0, 0.05) is 22.1 Å². The number of nitrogens with one attached hydrogen (secondary N) is 2. The molecule has 0 bridgehead atoms. The van der Waals surface area contributed by atoms with Crippen LogP contribution < -0.4 is 10.0 Å². The summed E-state index contributed by atoms with van der Waals surface area (Å²) in [6.07, 6.45) is 1.14. The first-order chi connectivity index (χ1) is 12.9. The first-order valence-corrected chi connectivity index (χ1v) is 10.4. The molecule has 0 aliphatic rings. The summed E-state index contributed by atoms with van der Waals surface area (Å²) in [4.78, 5) is 4.82. The minimum atomic E-state index is -3.29. The SMILES string of the molecule is Cc1cccc2c(Nc3ccc(NS(C)(=O)=O)cc3)c3ccccc3nc12.Cl. The third-order valence-electron chi connectivity index (χ3n) is 4.37. The average Bonchev–Trinajstić information content (AvgIpc) is 2.63. The third-order valence-corrected chi connectivity index (χ3v) is 4.98. The van der Waals surface area contributed by atoms with Crippen LogP contribution in [0.4, 0.5) is 17.1 Å². The number of para-hydroxylation sites is 2. The normalized spacial score (nSPS) is 11.2. The zero-order valence-electron chi connectivity index (χ0n) is 15.4. The number of rotatable bonds is 4. The fourth-order valence-corrected chi connectivity index (χ4v) is 3.74. The number of anilines is 3. The molecule has 0 amide bonds. The average molecular weight is 414 g/mol. The second kappa shape index (κ2) is 7.66. The molecule has 4 rings (SSSR count). The molecular weight excluding hydrogens is 394 g/mol. The van der Waals surface area contributed by atoms with Gasteiger partial charge in [-0.3, -0.25) is 4.72 Å². The van der Waals surface area contributed by atoms with Gasteiger partial charge in [-0.1, -0.05) is 36.4 Å². The van der Waals surface area contributed by atoms with Gasteiger partial charge in [0.05, 0.1) is 23.0 Å². The summed E-state index contributed by atoms with van der Waals surface area (Å²) in [6.45, 7) is 2.06. The Labute approximate surface area is 170 Å². The molecule has 0 unspecified atom stereocenters. The van der Waals surface area contributed by atoms with Gasteiger partial charge in [-0.15, -0.1) is 12.4 Å². The van der Waals surface area contributed by atoms with Gasteiger partial charge in [0.15, 0.2) is 0 Å². The summed E-state index contributed by atoms with van der Waals surface area (Å²) >= 11 is 0. The lowest BCUT2D eigenvalue weighted by Gasteiger charge is -2.15. The number of hydrogen-bond acceptors (Lipinski definition) is 4. The highest BCUT2D eigenvalue weighted by Gasteiger charge is 2.11. The molecule has 0 saturated carbocycles. The quantitative estimate of drug-likeness (QED) is 0.449. The second-order valence-electron chi connectivity index (χ2n) is 6.55. The van der Waals surface area contributed by atoms with Gasteiger partial charge in [-0.05, 0) is 42.8 Å². The Bertz CT molecular complexity index is 1260. The Morgan fingerprint density at radius 3 is 2.18 bits per heavy atom. The van der Waals surface area contributed by atoms with E-state index in [0.717, 1.165) is 45.0 Å². The van der Waals surface area contributed by atoms with E-state index < -0.39 is 10.0 Å². The van der Waals surface area contributed by atoms with E-state index in [4.69, 9.17) is 4.98 Å². The molecule has 28 heavy (non-hydrogen) atoms. The number of sulfonamides is 1. The van der Waals surface area contributed by atoms with Crippen LogP contribution in [-0.4, -0.2) is 19.7 Å². The van der Waals surface area contributed by atoms with Gasteiger partial charge in [0.2, 0.25) is 10.0 Å². The number of hydrogen-bond donors (Lipinski definition) is 2. The predicted octanol–water partition coefficient (Wildman–Crippen LogP) is 5.23. The molecule has 7 heteroatoms. The lowest BCUT2D eigenvalue weighted by atomic mass is 10.0. The standard InChI is InChI=1S/C21H19N3O2S.ClH/c1-14-6-5-8-18-20(14)23-19-9-4-3-7-17(19)21(18)22-15-10-12-16(13-11-15)24-27(2,25)26;/h3-13,24H,1-2H3,(H,22,23);1H. The molecule has 3 aromatic carbocycles. The lowest BCUT2D eigenvalue weighted by Crippen LogP contribution is -2.09. The van der Waals surface area contributed by atoms with Crippen molar-refractivity contribution in [3.63, 3.8) is 0 Å². The van der Waals surface area contributed by atoms with E-state index in [1.807, 2.05) is 42.5 Å². The topological polar surface area (TPSA) is 71.1 Å². The molecule has 0 atom stereocenters. The fraction of sp³-hybridized carbons (Fsp3) is 0.0952. The molecule has 1 aromatic heterocycles. The molecule has 0 saturated heterocycles. The first kappa shape index (κ1) is 19.9. The maximum Gasteiger partial charge on any atom is 0.229 e. The van der Waals surface area contributed by atoms with Crippen molar-refractivity contribution in [2.24, 2.45) is 0 Å². The highest BCUT2D eigenvalue weighted by Crippen LogP contribution is 2.34. The van der Waals surface area contributed by atoms with Crippen LogP contribution in [0.15, 0.2) is 66.7 Å². The molecule has 144 valence electrons. The maximum absolute atomic E-state index is 11.4. The maximum atomic E-state index is 11.4. The van der Waals surface area contributed by atoms with Crippen molar-refractivity contribution >= 4 is 61.3 Å². The number of benzene rings is 3. The summed E-state index contributed by atoms with van der Waals surface area (Å²) in [5.74, 6) is 0. The van der Waals surface area contributed by atoms with E-state index in [-0.39, 0.29) is 12.4 Å². The number of fused-ring (bicyclic) bond motifs is 2. The van der Waals surface area contributed by atoms with E-state index in [2.05, 4.69) is 29.1 Å². The minimum absolute atomic E-state index is 0. The molecule has 5 nitrogen and oxygen atoms in total. The predicted molar refractivity (Wildman–Crippen MR) is 119 cm³/mol. The van der Waals surface area contributed by atoms with Gasteiger partial charge >= 0.3 is 0 Å². The lowest BCUT2D eigenvalue weighted by molar-refractivity contribution is 0.607. The fourth-order valence-electron chi connectivity index (χ4n) is 3.17. The molecule has 0 aliphatic carbocycles. The Hall–Kier alpha value is -2.83. The number of pyridine rings is 1. The first-order valence-electron chi connectivity index (χ1n) is 8.54. The van der Waals surface area contributed by atoms with Crippen LogP contribution in [0.1, 0.15) is 5.56 Å². The number of aromatic nitrogens is 1. The minimum Gasteiger partial charge on any atom is -0.354 e. The molecule has 0 aliphatic heterocycles. The zero-order valence-corrected chi connectivity index (χ0v) is 17.1.